The van der Waals surface area contributed by atoms with E-state index in [1.165, 1.54) is 16.7 Å². The maximum absolute atomic E-state index is 5.58. The predicted octanol–water partition coefficient (Wildman–Crippen LogP) is 4.84. The molecule has 0 aliphatic carbocycles. The lowest BCUT2D eigenvalue weighted by atomic mass is 10.0. The van der Waals surface area contributed by atoms with Crippen LogP contribution < -0.4 is 10.1 Å². The molecule has 0 aliphatic rings. The molecule has 130 valence electrons. The van der Waals surface area contributed by atoms with E-state index in [1.54, 1.807) is 18.4 Å². The van der Waals surface area contributed by atoms with Crippen LogP contribution in [0.4, 0.5) is 0 Å². The first-order valence-electron chi connectivity index (χ1n) is 8.47. The zero-order valence-corrected chi connectivity index (χ0v) is 15.8. The molecule has 3 nitrogen and oxygen atoms in total. The number of aryl methyl sites for hydroxylation is 2. The monoisotopic (exact) mass is 352 g/mol. The summed E-state index contributed by atoms with van der Waals surface area (Å²) < 4.78 is 5.58. The van der Waals surface area contributed by atoms with Crippen molar-refractivity contribution in [2.45, 2.75) is 32.9 Å². The summed E-state index contributed by atoms with van der Waals surface area (Å²) in [6, 6.07) is 12.9. The highest BCUT2D eigenvalue weighted by atomic mass is 32.1. The number of hydrogen-bond acceptors (Lipinski definition) is 4. The minimum absolute atomic E-state index is 0.167. The van der Waals surface area contributed by atoms with Gasteiger partial charge in [0, 0.05) is 18.3 Å². The van der Waals surface area contributed by atoms with Gasteiger partial charge in [0.25, 0.3) is 0 Å². The lowest BCUT2D eigenvalue weighted by molar-refractivity contribution is 0.401. The van der Waals surface area contributed by atoms with Crippen molar-refractivity contribution >= 4 is 11.3 Å². The molecule has 0 unspecified atom stereocenters. The number of methoxy groups -OCH3 is 1. The van der Waals surface area contributed by atoms with E-state index >= 15 is 0 Å². The van der Waals surface area contributed by atoms with E-state index in [4.69, 9.17) is 4.74 Å². The van der Waals surface area contributed by atoms with E-state index in [1.807, 2.05) is 6.20 Å². The predicted molar refractivity (Wildman–Crippen MR) is 104 cm³/mol. The Bertz CT molecular complexity index is 797. The Morgan fingerprint density at radius 3 is 2.72 bits per heavy atom. The van der Waals surface area contributed by atoms with Gasteiger partial charge in [0.05, 0.1) is 18.8 Å². The van der Waals surface area contributed by atoms with Gasteiger partial charge >= 0.3 is 0 Å². The van der Waals surface area contributed by atoms with Crippen LogP contribution in [0.1, 0.15) is 34.0 Å². The summed E-state index contributed by atoms with van der Waals surface area (Å²) in [5.74, 6) is 0.959. The quantitative estimate of drug-likeness (QED) is 0.660. The Morgan fingerprint density at radius 2 is 2.04 bits per heavy atom. The molecule has 0 saturated carbocycles. The maximum atomic E-state index is 5.58. The van der Waals surface area contributed by atoms with Crippen LogP contribution in [0, 0.1) is 13.8 Å². The fraction of sp³-hybridized carbons (Fsp3) is 0.286. The average molecular weight is 353 g/mol. The Labute approximate surface area is 153 Å². The molecule has 0 aliphatic heterocycles. The van der Waals surface area contributed by atoms with E-state index in [0.717, 1.165) is 30.0 Å². The smallest absolute Gasteiger partial charge is 0.126 e. The molecular weight excluding hydrogens is 328 g/mol. The minimum atomic E-state index is 0.167. The summed E-state index contributed by atoms with van der Waals surface area (Å²) in [6.07, 6.45) is 2.86. The zero-order chi connectivity index (χ0) is 17.6. The molecule has 0 spiro atoms. The van der Waals surface area contributed by atoms with Gasteiger partial charge in [0.2, 0.25) is 0 Å². The number of rotatable bonds is 7. The van der Waals surface area contributed by atoms with Gasteiger partial charge in [-0.05, 0) is 59.9 Å². The molecular formula is C21H24N2OS. The Balaban J connectivity index is 1.80. The molecule has 0 fully saturated rings. The number of thiophene rings is 1. The number of benzene rings is 1. The van der Waals surface area contributed by atoms with Crippen molar-refractivity contribution in [3.63, 3.8) is 0 Å². The van der Waals surface area contributed by atoms with E-state index in [2.05, 4.69) is 71.3 Å². The molecule has 0 amide bonds. The average Bonchev–Trinajstić information content (AvgIpc) is 3.12. The van der Waals surface area contributed by atoms with Crippen LogP contribution in [-0.4, -0.2) is 12.1 Å². The molecule has 1 aromatic carbocycles. The first-order valence-corrected chi connectivity index (χ1v) is 9.41. The molecule has 0 radical (unpaired) electrons. The summed E-state index contributed by atoms with van der Waals surface area (Å²) in [5.41, 5.74) is 5.91. The van der Waals surface area contributed by atoms with Gasteiger partial charge in [0.1, 0.15) is 5.75 Å². The largest absolute Gasteiger partial charge is 0.496 e. The van der Waals surface area contributed by atoms with Crippen molar-refractivity contribution in [2.75, 3.05) is 7.11 Å². The van der Waals surface area contributed by atoms with Crippen LogP contribution in [0.15, 0.2) is 53.4 Å². The molecule has 2 heterocycles. The molecule has 0 bridgehead atoms. The second kappa shape index (κ2) is 8.28. The zero-order valence-electron chi connectivity index (χ0n) is 15.0. The molecule has 3 aromatic rings. The first kappa shape index (κ1) is 17.6. The summed E-state index contributed by atoms with van der Waals surface area (Å²) in [6.45, 7) is 4.89. The molecule has 2 aromatic heterocycles. The molecule has 4 heteroatoms. The molecule has 25 heavy (non-hydrogen) atoms. The van der Waals surface area contributed by atoms with Crippen LogP contribution in [0.3, 0.4) is 0 Å². The van der Waals surface area contributed by atoms with Gasteiger partial charge < -0.3 is 10.1 Å². The number of aromatic nitrogens is 1. The molecule has 3 rings (SSSR count). The number of para-hydroxylation sites is 1. The summed E-state index contributed by atoms with van der Waals surface area (Å²) in [5, 5.41) is 8.00. The normalized spacial score (nSPS) is 12.1. The topological polar surface area (TPSA) is 34.1 Å². The Morgan fingerprint density at radius 1 is 1.16 bits per heavy atom. The molecule has 1 N–H and O–H groups in total. The number of pyridine rings is 1. The second-order valence-electron chi connectivity index (χ2n) is 6.30. The van der Waals surface area contributed by atoms with Crippen molar-refractivity contribution < 1.29 is 4.74 Å². The van der Waals surface area contributed by atoms with Crippen LogP contribution >= 0.6 is 11.3 Å². The Hall–Kier alpha value is -2.17. The van der Waals surface area contributed by atoms with Crippen molar-refractivity contribution in [1.29, 1.82) is 0 Å². The standard InChI is InChI=1S/C21H24N2OS/c1-15-7-8-19(22-12-15)20(11-17-9-10-25-14-17)23-13-18-6-4-5-16(2)21(18)24-3/h4-10,12,14,20,23H,11,13H2,1-3H3/t20-/m1/s1. The van der Waals surface area contributed by atoms with Crippen LogP contribution in [-0.2, 0) is 13.0 Å². The molecule has 1 atom stereocenters. The molecule has 0 saturated heterocycles. The fourth-order valence-electron chi connectivity index (χ4n) is 2.99. The highest BCUT2D eigenvalue weighted by Crippen LogP contribution is 2.25. The van der Waals surface area contributed by atoms with Gasteiger partial charge in [-0.1, -0.05) is 24.3 Å². The summed E-state index contributed by atoms with van der Waals surface area (Å²) in [7, 11) is 1.73. The van der Waals surface area contributed by atoms with Crippen LogP contribution in [0.5, 0.6) is 5.75 Å². The summed E-state index contributed by atoms with van der Waals surface area (Å²) in [4.78, 5) is 4.64. The first-order chi connectivity index (χ1) is 12.2. The summed E-state index contributed by atoms with van der Waals surface area (Å²) >= 11 is 1.73. The minimum Gasteiger partial charge on any atom is -0.496 e. The van der Waals surface area contributed by atoms with Crippen molar-refractivity contribution in [3.05, 3.63) is 81.3 Å². The van der Waals surface area contributed by atoms with E-state index in [0.29, 0.717) is 0 Å². The van der Waals surface area contributed by atoms with Crippen LogP contribution in [0.25, 0.3) is 0 Å². The van der Waals surface area contributed by atoms with E-state index in [9.17, 15) is 0 Å². The third-order valence-electron chi connectivity index (χ3n) is 4.35. The third kappa shape index (κ3) is 4.47. The lowest BCUT2D eigenvalue weighted by Gasteiger charge is -2.20. The number of nitrogens with zero attached hydrogens (tertiary/aromatic N) is 1. The Kier molecular flexibility index (Phi) is 5.84. The second-order valence-corrected chi connectivity index (χ2v) is 7.08. The van der Waals surface area contributed by atoms with Gasteiger partial charge in [-0.15, -0.1) is 0 Å². The SMILES string of the molecule is COc1c(C)cccc1CN[C@H](Cc1ccsc1)c1ccc(C)cn1. The lowest BCUT2D eigenvalue weighted by Crippen LogP contribution is -2.24. The number of hydrogen-bond donors (Lipinski definition) is 1. The third-order valence-corrected chi connectivity index (χ3v) is 5.08. The van der Waals surface area contributed by atoms with E-state index in [-0.39, 0.29) is 6.04 Å². The van der Waals surface area contributed by atoms with Gasteiger partial charge in [-0.25, -0.2) is 0 Å². The van der Waals surface area contributed by atoms with E-state index < -0.39 is 0 Å². The van der Waals surface area contributed by atoms with Crippen molar-refractivity contribution in [3.8, 4) is 5.75 Å². The van der Waals surface area contributed by atoms with Crippen LogP contribution in [0.2, 0.25) is 0 Å². The van der Waals surface area contributed by atoms with Gasteiger partial charge in [-0.2, -0.15) is 11.3 Å². The number of ether oxygens (including phenoxy) is 1. The highest BCUT2D eigenvalue weighted by molar-refractivity contribution is 7.07. The van der Waals surface area contributed by atoms with Gasteiger partial charge in [-0.3, -0.25) is 4.98 Å². The highest BCUT2D eigenvalue weighted by Gasteiger charge is 2.15. The van der Waals surface area contributed by atoms with Gasteiger partial charge in [0.15, 0.2) is 0 Å². The maximum Gasteiger partial charge on any atom is 0.126 e. The number of nitrogens with one attached hydrogen (secondary N) is 1. The van der Waals surface area contributed by atoms with Crippen molar-refractivity contribution in [2.24, 2.45) is 0 Å². The van der Waals surface area contributed by atoms with Crippen molar-refractivity contribution in [1.82, 2.24) is 10.3 Å². The fourth-order valence-corrected chi connectivity index (χ4v) is 3.67.